The van der Waals surface area contributed by atoms with E-state index in [0.29, 0.717) is 5.41 Å². The number of thioether (sulfide) groups is 1. The Hall–Kier alpha value is -1.20. The molecule has 2 fully saturated rings. The number of nitrogens with one attached hydrogen (secondary N) is 1. The number of amides is 1. The van der Waals surface area contributed by atoms with Gasteiger partial charge in [0.05, 0.1) is 12.4 Å². The molecule has 4 nitrogen and oxygen atoms in total. The number of ether oxygens (including phenoxy) is 1. The molecule has 1 atom stereocenters. The summed E-state index contributed by atoms with van der Waals surface area (Å²) < 4.78 is 5.17. The maximum Gasteiger partial charge on any atom is 0.235 e. The van der Waals surface area contributed by atoms with Crippen molar-refractivity contribution in [3.63, 3.8) is 0 Å². The minimum absolute atomic E-state index is 0.0425. The summed E-state index contributed by atoms with van der Waals surface area (Å²) in [6.45, 7) is 6.10. The van der Waals surface area contributed by atoms with Crippen molar-refractivity contribution < 1.29 is 9.53 Å². The third-order valence-corrected chi connectivity index (χ3v) is 6.29. The monoisotopic (exact) mass is 334 g/mol. The highest BCUT2D eigenvalue weighted by atomic mass is 32.2. The number of nitrogens with zero attached hydrogens (tertiary/aromatic N) is 1. The van der Waals surface area contributed by atoms with E-state index in [-0.39, 0.29) is 11.2 Å². The molecule has 0 saturated carbocycles. The highest BCUT2D eigenvalue weighted by molar-refractivity contribution is 8.00. The van der Waals surface area contributed by atoms with Crippen LogP contribution in [0.25, 0.3) is 0 Å². The fraction of sp³-hybridized carbons (Fsp3) is 0.611. The van der Waals surface area contributed by atoms with Crippen LogP contribution in [0.4, 0.5) is 0 Å². The minimum Gasteiger partial charge on any atom is -0.497 e. The fourth-order valence-electron chi connectivity index (χ4n) is 3.59. The normalized spacial score (nSPS) is 21.4. The lowest BCUT2D eigenvalue weighted by Gasteiger charge is -2.39. The van der Waals surface area contributed by atoms with Gasteiger partial charge in [0, 0.05) is 24.5 Å². The molecular weight excluding hydrogens is 308 g/mol. The topological polar surface area (TPSA) is 41.6 Å². The Morgan fingerprint density at radius 1 is 1.26 bits per heavy atom. The predicted octanol–water partition coefficient (Wildman–Crippen LogP) is 2.78. The molecule has 2 saturated heterocycles. The lowest BCUT2D eigenvalue weighted by atomic mass is 9.78. The van der Waals surface area contributed by atoms with E-state index >= 15 is 0 Å². The van der Waals surface area contributed by atoms with Gasteiger partial charge in [-0.15, -0.1) is 11.8 Å². The Labute approximate surface area is 143 Å². The number of benzene rings is 1. The van der Waals surface area contributed by atoms with Gasteiger partial charge in [0.2, 0.25) is 5.91 Å². The van der Waals surface area contributed by atoms with Gasteiger partial charge < -0.3 is 15.0 Å². The van der Waals surface area contributed by atoms with Crippen molar-refractivity contribution in [1.82, 2.24) is 10.2 Å². The smallest absolute Gasteiger partial charge is 0.235 e. The molecule has 1 unspecified atom stereocenters. The first-order chi connectivity index (χ1) is 11.1. The Bertz CT molecular complexity index is 530. The summed E-state index contributed by atoms with van der Waals surface area (Å²) in [6, 6.07) is 7.92. The van der Waals surface area contributed by atoms with E-state index in [0.717, 1.165) is 49.7 Å². The van der Waals surface area contributed by atoms with E-state index in [1.165, 1.54) is 6.42 Å². The van der Waals surface area contributed by atoms with Crippen LogP contribution in [-0.4, -0.2) is 49.3 Å². The van der Waals surface area contributed by atoms with Gasteiger partial charge in [-0.25, -0.2) is 0 Å². The van der Waals surface area contributed by atoms with Gasteiger partial charge in [-0.05, 0) is 62.4 Å². The average Bonchev–Trinajstić information content (AvgIpc) is 3.03. The van der Waals surface area contributed by atoms with Gasteiger partial charge in [0.1, 0.15) is 5.75 Å². The Kier molecular flexibility index (Phi) is 5.17. The minimum atomic E-state index is -0.0425. The third kappa shape index (κ3) is 3.83. The van der Waals surface area contributed by atoms with Crippen LogP contribution in [0, 0.1) is 5.41 Å². The van der Waals surface area contributed by atoms with Gasteiger partial charge in [-0.2, -0.15) is 0 Å². The SMILES string of the molecule is COc1ccc(SC(C)C(=O)N2CCC3(CCNC3)CC2)cc1. The largest absolute Gasteiger partial charge is 0.497 e. The molecule has 1 N–H and O–H groups in total. The summed E-state index contributed by atoms with van der Waals surface area (Å²) in [5.74, 6) is 1.12. The van der Waals surface area contributed by atoms with Crippen LogP contribution in [0.2, 0.25) is 0 Å². The highest BCUT2D eigenvalue weighted by Crippen LogP contribution is 2.37. The van der Waals surface area contributed by atoms with Gasteiger partial charge in [-0.3, -0.25) is 4.79 Å². The van der Waals surface area contributed by atoms with Gasteiger partial charge >= 0.3 is 0 Å². The Balaban J connectivity index is 1.53. The molecule has 23 heavy (non-hydrogen) atoms. The van der Waals surface area contributed by atoms with Crippen LogP contribution < -0.4 is 10.1 Å². The van der Waals surface area contributed by atoms with Crippen molar-refractivity contribution >= 4 is 17.7 Å². The van der Waals surface area contributed by atoms with Gasteiger partial charge in [0.25, 0.3) is 0 Å². The van der Waals surface area contributed by atoms with Crippen LogP contribution in [0.3, 0.4) is 0 Å². The number of likely N-dealkylation sites (tertiary alicyclic amines) is 1. The van der Waals surface area contributed by atoms with E-state index in [1.54, 1.807) is 18.9 Å². The molecule has 2 aliphatic heterocycles. The van der Waals surface area contributed by atoms with Crippen LogP contribution in [-0.2, 0) is 4.79 Å². The second-order valence-electron chi connectivity index (χ2n) is 6.69. The molecule has 0 aliphatic carbocycles. The summed E-state index contributed by atoms with van der Waals surface area (Å²) in [4.78, 5) is 15.9. The second-order valence-corrected chi connectivity index (χ2v) is 8.10. The van der Waals surface area contributed by atoms with E-state index < -0.39 is 0 Å². The number of hydrogen-bond acceptors (Lipinski definition) is 4. The zero-order valence-electron chi connectivity index (χ0n) is 14.0. The van der Waals surface area contributed by atoms with Crippen molar-refractivity contribution in [1.29, 1.82) is 0 Å². The Morgan fingerprint density at radius 2 is 1.96 bits per heavy atom. The number of hydrogen-bond donors (Lipinski definition) is 1. The van der Waals surface area contributed by atoms with Crippen molar-refractivity contribution in [2.75, 3.05) is 33.3 Å². The third-order valence-electron chi connectivity index (χ3n) is 5.19. The zero-order chi connectivity index (χ0) is 16.3. The summed E-state index contributed by atoms with van der Waals surface area (Å²) in [5.41, 5.74) is 0.461. The first-order valence-corrected chi connectivity index (χ1v) is 9.30. The maximum atomic E-state index is 12.7. The molecule has 0 bridgehead atoms. The first-order valence-electron chi connectivity index (χ1n) is 8.42. The average molecular weight is 334 g/mol. The second kappa shape index (κ2) is 7.14. The van der Waals surface area contributed by atoms with E-state index in [9.17, 15) is 4.79 Å². The molecule has 3 rings (SSSR count). The molecular formula is C18H26N2O2S. The summed E-state index contributed by atoms with van der Waals surface area (Å²) in [5, 5.41) is 3.43. The van der Waals surface area contributed by atoms with Crippen molar-refractivity contribution in [2.45, 2.75) is 36.3 Å². The molecule has 1 spiro atoms. The number of rotatable bonds is 4. The van der Waals surface area contributed by atoms with Crippen molar-refractivity contribution in [3.05, 3.63) is 24.3 Å². The van der Waals surface area contributed by atoms with Crippen molar-refractivity contribution in [3.8, 4) is 5.75 Å². The van der Waals surface area contributed by atoms with Gasteiger partial charge in [0.15, 0.2) is 0 Å². The highest BCUT2D eigenvalue weighted by Gasteiger charge is 2.38. The maximum absolute atomic E-state index is 12.7. The van der Waals surface area contributed by atoms with E-state index in [1.807, 2.05) is 31.2 Å². The molecule has 1 aromatic carbocycles. The molecule has 5 heteroatoms. The van der Waals surface area contributed by atoms with E-state index in [2.05, 4.69) is 10.2 Å². The lowest BCUT2D eigenvalue weighted by molar-refractivity contribution is -0.132. The number of methoxy groups -OCH3 is 1. The predicted molar refractivity (Wildman–Crippen MR) is 94.0 cm³/mol. The van der Waals surface area contributed by atoms with E-state index in [4.69, 9.17) is 4.74 Å². The van der Waals surface area contributed by atoms with Crippen LogP contribution in [0.1, 0.15) is 26.2 Å². The number of carbonyl (C=O) groups is 1. The van der Waals surface area contributed by atoms with Crippen LogP contribution in [0.15, 0.2) is 29.2 Å². The molecule has 0 radical (unpaired) electrons. The van der Waals surface area contributed by atoms with Crippen LogP contribution >= 0.6 is 11.8 Å². The fourth-order valence-corrected chi connectivity index (χ4v) is 4.54. The quantitative estimate of drug-likeness (QED) is 0.860. The first kappa shape index (κ1) is 16.7. The van der Waals surface area contributed by atoms with Gasteiger partial charge in [-0.1, -0.05) is 0 Å². The number of carbonyl (C=O) groups excluding carboxylic acids is 1. The molecule has 2 aliphatic rings. The zero-order valence-corrected chi connectivity index (χ0v) is 14.8. The summed E-state index contributed by atoms with van der Waals surface area (Å²) >= 11 is 1.63. The van der Waals surface area contributed by atoms with Crippen LogP contribution in [0.5, 0.6) is 5.75 Å². The molecule has 0 aromatic heterocycles. The Morgan fingerprint density at radius 3 is 2.52 bits per heavy atom. The molecule has 1 aromatic rings. The molecule has 126 valence electrons. The molecule has 1 amide bonds. The summed E-state index contributed by atoms with van der Waals surface area (Å²) in [7, 11) is 1.66. The lowest BCUT2D eigenvalue weighted by Crippen LogP contribution is -2.46. The summed E-state index contributed by atoms with van der Waals surface area (Å²) in [6.07, 6.45) is 3.56. The standard InChI is InChI=1S/C18H26N2O2S/c1-14(23-16-5-3-15(22-2)4-6-16)17(21)20-11-8-18(9-12-20)7-10-19-13-18/h3-6,14,19H,7-13H2,1-2H3. The van der Waals surface area contributed by atoms with Crippen molar-refractivity contribution in [2.24, 2.45) is 5.41 Å². The number of piperidine rings is 1. The molecule has 2 heterocycles.